The smallest absolute Gasteiger partial charge is 0.237 e. The number of fused-ring (bicyclic) bond motifs is 1. The summed E-state index contributed by atoms with van der Waals surface area (Å²) >= 11 is 1.43. The van der Waals surface area contributed by atoms with Gasteiger partial charge in [0.25, 0.3) is 0 Å². The molecule has 0 saturated carbocycles. The molecule has 1 aromatic rings. The number of carbonyl (C=O) groups is 2. The molecule has 3 saturated heterocycles. The maximum atomic E-state index is 14.4. The molecule has 4 aliphatic rings. The summed E-state index contributed by atoms with van der Waals surface area (Å²) in [7, 11) is 0. The maximum Gasteiger partial charge on any atom is 0.237 e. The van der Waals surface area contributed by atoms with Crippen LogP contribution in [-0.2, 0) is 14.3 Å². The molecule has 0 aromatic heterocycles. The van der Waals surface area contributed by atoms with Crippen LogP contribution in [0.2, 0.25) is 0 Å². The second kappa shape index (κ2) is 10.7. The van der Waals surface area contributed by atoms with E-state index in [0.29, 0.717) is 25.2 Å². The van der Waals surface area contributed by atoms with Crippen molar-refractivity contribution in [2.45, 2.75) is 30.4 Å². The topological polar surface area (TPSA) is 85.9 Å². The van der Waals surface area contributed by atoms with Crippen molar-refractivity contribution in [1.29, 1.82) is 0 Å². The minimum absolute atomic E-state index is 0.0103. The van der Waals surface area contributed by atoms with Gasteiger partial charge < -0.3 is 15.4 Å². The lowest BCUT2D eigenvalue weighted by Gasteiger charge is -2.43. The van der Waals surface area contributed by atoms with Crippen molar-refractivity contribution in [2.24, 2.45) is 5.92 Å². The van der Waals surface area contributed by atoms with Crippen molar-refractivity contribution in [1.82, 2.24) is 25.8 Å². The minimum atomic E-state index is -0.326. The van der Waals surface area contributed by atoms with Gasteiger partial charge in [0.05, 0.1) is 19.3 Å². The molecule has 1 aromatic carbocycles. The summed E-state index contributed by atoms with van der Waals surface area (Å²) in [6, 6.07) is 6.45. The number of benzene rings is 1. The number of nitrogens with one attached hydrogen (secondary N) is 3. The number of thioether (sulfide) groups is 1. The van der Waals surface area contributed by atoms with Crippen LogP contribution in [0.3, 0.4) is 0 Å². The second-order valence-electron chi connectivity index (χ2n) is 9.22. The zero-order chi connectivity index (χ0) is 23.5. The fraction of sp³-hybridized carbons (Fsp3) is 0.583. The lowest BCUT2D eigenvalue weighted by Crippen LogP contribution is -2.68. The number of rotatable bonds is 6. The van der Waals surface area contributed by atoms with Gasteiger partial charge in [-0.1, -0.05) is 18.2 Å². The van der Waals surface area contributed by atoms with E-state index >= 15 is 0 Å². The van der Waals surface area contributed by atoms with E-state index in [-0.39, 0.29) is 41.1 Å². The number of hydrogen-bond acceptors (Lipinski definition) is 7. The number of likely N-dealkylation sites (tertiary alicyclic amines) is 1. The summed E-state index contributed by atoms with van der Waals surface area (Å²) in [5, 5.41) is 11.3. The molecule has 0 radical (unpaired) electrons. The SMILES string of the molecule is O=C(NCCN1CCOCC1)C1CCN(C2NC(=O)C3SC=C(c4ccccc4F)C3N2)CC1. The number of ether oxygens (including phenoxy) is 1. The first kappa shape index (κ1) is 23.7. The number of carbonyl (C=O) groups excluding carboxylic acids is 2. The molecule has 10 heteroatoms. The second-order valence-corrected chi connectivity index (χ2v) is 10.2. The molecule has 4 aliphatic heterocycles. The number of nitrogens with zero attached hydrogens (tertiary/aromatic N) is 2. The van der Waals surface area contributed by atoms with E-state index in [1.54, 1.807) is 12.1 Å². The van der Waals surface area contributed by atoms with Crippen LogP contribution >= 0.6 is 11.8 Å². The summed E-state index contributed by atoms with van der Waals surface area (Å²) in [4.78, 5) is 29.9. The van der Waals surface area contributed by atoms with Crippen LogP contribution < -0.4 is 16.0 Å². The third-order valence-corrected chi connectivity index (χ3v) is 8.31. The van der Waals surface area contributed by atoms with Gasteiger partial charge in [-0.2, -0.15) is 0 Å². The van der Waals surface area contributed by atoms with Crippen LogP contribution in [0.4, 0.5) is 4.39 Å². The Morgan fingerprint density at radius 1 is 1.18 bits per heavy atom. The first-order valence-electron chi connectivity index (χ1n) is 12.1. The van der Waals surface area contributed by atoms with Crippen molar-refractivity contribution < 1.29 is 18.7 Å². The number of halogens is 1. The number of hydrogen-bond donors (Lipinski definition) is 3. The molecule has 34 heavy (non-hydrogen) atoms. The highest BCUT2D eigenvalue weighted by Gasteiger charge is 2.44. The Labute approximate surface area is 203 Å². The molecule has 0 spiro atoms. The molecule has 3 N–H and O–H groups in total. The minimum Gasteiger partial charge on any atom is -0.379 e. The average Bonchev–Trinajstić information content (AvgIpc) is 3.29. The van der Waals surface area contributed by atoms with Gasteiger partial charge in [0.2, 0.25) is 11.8 Å². The van der Waals surface area contributed by atoms with E-state index in [4.69, 9.17) is 4.74 Å². The Morgan fingerprint density at radius 2 is 1.94 bits per heavy atom. The molecular formula is C24H32FN5O3S. The molecule has 8 nitrogen and oxygen atoms in total. The predicted molar refractivity (Wildman–Crippen MR) is 129 cm³/mol. The summed E-state index contributed by atoms with van der Waals surface area (Å²) in [6.07, 6.45) is 1.17. The number of amides is 2. The first-order chi connectivity index (χ1) is 16.6. The van der Waals surface area contributed by atoms with Crippen LogP contribution in [0.25, 0.3) is 5.57 Å². The first-order valence-corrected chi connectivity index (χ1v) is 13.0. The highest BCUT2D eigenvalue weighted by molar-refractivity contribution is 8.04. The Kier molecular flexibility index (Phi) is 7.50. The lowest BCUT2D eigenvalue weighted by molar-refractivity contribution is -0.129. The van der Waals surface area contributed by atoms with E-state index in [9.17, 15) is 14.0 Å². The van der Waals surface area contributed by atoms with E-state index in [2.05, 4.69) is 25.8 Å². The van der Waals surface area contributed by atoms with Gasteiger partial charge in [-0.3, -0.25) is 24.7 Å². The fourth-order valence-corrected chi connectivity index (χ4v) is 6.27. The number of morpholine rings is 1. The summed E-state index contributed by atoms with van der Waals surface area (Å²) in [5.41, 5.74) is 1.36. The standard InChI is InChI=1S/C24H32FN5O3S/c25-19-4-2-1-3-17(19)18-15-34-21-20(18)27-24(28-23(21)32)30-8-5-16(6-9-30)22(31)26-7-10-29-11-13-33-14-12-29/h1-4,15-16,20-21,24,27H,5-14H2,(H,26,31)(H,28,32). The Hall–Kier alpha value is -1.98. The predicted octanol–water partition coefficient (Wildman–Crippen LogP) is 0.814. The van der Waals surface area contributed by atoms with Crippen LogP contribution in [0.5, 0.6) is 0 Å². The third kappa shape index (κ3) is 5.16. The van der Waals surface area contributed by atoms with Crippen molar-refractivity contribution in [2.75, 3.05) is 52.5 Å². The molecule has 4 heterocycles. The Morgan fingerprint density at radius 3 is 2.71 bits per heavy atom. The Balaban J connectivity index is 1.12. The highest BCUT2D eigenvalue weighted by Crippen LogP contribution is 2.39. The van der Waals surface area contributed by atoms with Crippen molar-refractivity contribution in [3.8, 4) is 0 Å². The van der Waals surface area contributed by atoms with Crippen LogP contribution in [0.1, 0.15) is 18.4 Å². The summed E-state index contributed by atoms with van der Waals surface area (Å²) in [5.74, 6) is -0.210. The monoisotopic (exact) mass is 489 g/mol. The molecule has 3 fully saturated rings. The third-order valence-electron chi connectivity index (χ3n) is 7.14. The van der Waals surface area contributed by atoms with Crippen LogP contribution in [0, 0.1) is 11.7 Å². The molecule has 0 aliphatic carbocycles. The molecule has 0 bridgehead atoms. The van der Waals surface area contributed by atoms with Gasteiger partial charge in [0.15, 0.2) is 0 Å². The van der Waals surface area contributed by atoms with Gasteiger partial charge in [0, 0.05) is 50.7 Å². The van der Waals surface area contributed by atoms with Gasteiger partial charge >= 0.3 is 0 Å². The molecule has 5 rings (SSSR count). The average molecular weight is 490 g/mol. The fourth-order valence-electron chi connectivity index (χ4n) is 5.13. The van der Waals surface area contributed by atoms with Crippen molar-refractivity contribution in [3.63, 3.8) is 0 Å². The van der Waals surface area contributed by atoms with Gasteiger partial charge in [-0.15, -0.1) is 11.8 Å². The molecule has 3 atom stereocenters. The normalized spacial score (nSPS) is 28.8. The zero-order valence-corrected chi connectivity index (χ0v) is 20.0. The molecule has 3 unspecified atom stereocenters. The van der Waals surface area contributed by atoms with E-state index in [1.807, 2.05) is 11.5 Å². The van der Waals surface area contributed by atoms with Crippen molar-refractivity contribution in [3.05, 3.63) is 41.1 Å². The Bertz CT molecular complexity index is 933. The highest BCUT2D eigenvalue weighted by atomic mass is 32.2. The quantitative estimate of drug-likeness (QED) is 0.545. The van der Waals surface area contributed by atoms with Crippen molar-refractivity contribution >= 4 is 29.1 Å². The van der Waals surface area contributed by atoms with Gasteiger partial charge in [-0.05, 0) is 29.9 Å². The van der Waals surface area contributed by atoms with Gasteiger partial charge in [-0.25, -0.2) is 4.39 Å². The zero-order valence-electron chi connectivity index (χ0n) is 19.2. The number of piperidine rings is 1. The molecule has 2 amide bonds. The molecule has 184 valence electrons. The van der Waals surface area contributed by atoms with E-state index in [1.165, 1.54) is 17.8 Å². The van der Waals surface area contributed by atoms with Crippen LogP contribution in [0.15, 0.2) is 29.7 Å². The largest absolute Gasteiger partial charge is 0.379 e. The maximum absolute atomic E-state index is 14.4. The summed E-state index contributed by atoms with van der Waals surface area (Å²) < 4.78 is 19.8. The van der Waals surface area contributed by atoms with E-state index in [0.717, 1.165) is 51.3 Å². The lowest BCUT2D eigenvalue weighted by atomic mass is 9.94. The van der Waals surface area contributed by atoms with Gasteiger partial charge in [0.1, 0.15) is 17.4 Å². The van der Waals surface area contributed by atoms with Crippen LogP contribution in [-0.4, -0.2) is 91.7 Å². The van der Waals surface area contributed by atoms with E-state index < -0.39 is 0 Å². The molecular weight excluding hydrogens is 457 g/mol. The summed E-state index contributed by atoms with van der Waals surface area (Å²) in [6.45, 7) is 6.29.